The summed E-state index contributed by atoms with van der Waals surface area (Å²) in [5.41, 5.74) is 7.18. The SMILES string of the molecule is NCc1ccc2c(c1)CCC(C(F)(F)F)O2. The number of ether oxygens (including phenoxy) is 1. The van der Waals surface area contributed by atoms with Crippen molar-refractivity contribution in [2.75, 3.05) is 0 Å². The molecule has 0 radical (unpaired) electrons. The van der Waals surface area contributed by atoms with Crippen molar-refractivity contribution < 1.29 is 17.9 Å². The summed E-state index contributed by atoms with van der Waals surface area (Å²) in [7, 11) is 0. The third-order valence-electron chi connectivity index (χ3n) is 2.67. The minimum atomic E-state index is -4.29. The van der Waals surface area contributed by atoms with Crippen LogP contribution < -0.4 is 10.5 Å². The van der Waals surface area contributed by atoms with Crippen LogP contribution in [0.25, 0.3) is 0 Å². The predicted molar refractivity (Wildman–Crippen MR) is 53.1 cm³/mol. The van der Waals surface area contributed by atoms with Gasteiger partial charge in [0, 0.05) is 6.54 Å². The van der Waals surface area contributed by atoms with Crippen molar-refractivity contribution in [3.05, 3.63) is 29.3 Å². The number of halogens is 3. The van der Waals surface area contributed by atoms with Crippen molar-refractivity contribution in [3.63, 3.8) is 0 Å². The first-order valence-electron chi connectivity index (χ1n) is 5.06. The van der Waals surface area contributed by atoms with Gasteiger partial charge in [-0.25, -0.2) is 0 Å². The number of hydrogen-bond donors (Lipinski definition) is 1. The average Bonchev–Trinajstić information content (AvgIpc) is 2.26. The molecule has 0 saturated carbocycles. The number of benzene rings is 1. The van der Waals surface area contributed by atoms with Gasteiger partial charge in [0.2, 0.25) is 0 Å². The van der Waals surface area contributed by atoms with Gasteiger partial charge in [-0.15, -0.1) is 0 Å². The Morgan fingerprint density at radius 3 is 2.75 bits per heavy atom. The highest BCUT2D eigenvalue weighted by Gasteiger charge is 2.43. The fraction of sp³-hybridized carbons (Fsp3) is 0.455. The second kappa shape index (κ2) is 3.97. The Morgan fingerprint density at radius 1 is 1.38 bits per heavy atom. The summed E-state index contributed by atoms with van der Waals surface area (Å²) >= 11 is 0. The molecule has 0 saturated heterocycles. The second-order valence-electron chi connectivity index (χ2n) is 3.83. The van der Waals surface area contributed by atoms with Crippen LogP contribution in [0.15, 0.2) is 18.2 Å². The van der Waals surface area contributed by atoms with E-state index in [9.17, 15) is 13.2 Å². The summed E-state index contributed by atoms with van der Waals surface area (Å²) in [6, 6.07) is 5.06. The molecule has 0 fully saturated rings. The van der Waals surface area contributed by atoms with Gasteiger partial charge in [0.1, 0.15) is 5.75 Å². The van der Waals surface area contributed by atoms with Crippen LogP contribution in [0.1, 0.15) is 17.5 Å². The lowest BCUT2D eigenvalue weighted by atomic mass is 10.00. The molecular formula is C11H12F3NO. The van der Waals surface area contributed by atoms with E-state index in [1.54, 1.807) is 12.1 Å². The summed E-state index contributed by atoms with van der Waals surface area (Å²) in [5, 5.41) is 0. The normalized spacial score (nSPS) is 20.1. The fourth-order valence-corrected chi connectivity index (χ4v) is 1.80. The average molecular weight is 231 g/mol. The van der Waals surface area contributed by atoms with E-state index < -0.39 is 12.3 Å². The first-order valence-corrected chi connectivity index (χ1v) is 5.06. The topological polar surface area (TPSA) is 35.2 Å². The Balaban J connectivity index is 2.22. The van der Waals surface area contributed by atoms with Gasteiger partial charge in [0.15, 0.2) is 6.10 Å². The van der Waals surface area contributed by atoms with Crippen LogP contribution in [-0.2, 0) is 13.0 Å². The Morgan fingerprint density at radius 2 is 2.12 bits per heavy atom. The number of aryl methyl sites for hydroxylation is 1. The van der Waals surface area contributed by atoms with E-state index in [1.165, 1.54) is 0 Å². The molecule has 2 N–H and O–H groups in total. The van der Waals surface area contributed by atoms with Gasteiger partial charge in [-0.05, 0) is 30.0 Å². The molecule has 2 rings (SSSR count). The zero-order valence-electron chi connectivity index (χ0n) is 8.55. The van der Waals surface area contributed by atoms with Gasteiger partial charge in [-0.2, -0.15) is 13.2 Å². The third kappa shape index (κ3) is 2.14. The van der Waals surface area contributed by atoms with E-state index in [1.807, 2.05) is 6.07 Å². The van der Waals surface area contributed by atoms with Gasteiger partial charge >= 0.3 is 6.18 Å². The molecule has 0 spiro atoms. The lowest BCUT2D eigenvalue weighted by molar-refractivity contribution is -0.199. The molecule has 1 aromatic rings. The number of nitrogens with two attached hydrogens (primary N) is 1. The first kappa shape index (κ1) is 11.3. The highest BCUT2D eigenvalue weighted by Crippen LogP contribution is 2.35. The maximum absolute atomic E-state index is 12.4. The molecule has 1 unspecified atom stereocenters. The predicted octanol–water partition coefficient (Wildman–Crippen LogP) is 2.40. The van der Waals surface area contributed by atoms with E-state index in [4.69, 9.17) is 10.5 Å². The second-order valence-corrected chi connectivity index (χ2v) is 3.83. The molecule has 88 valence electrons. The minimum Gasteiger partial charge on any atom is -0.481 e. The largest absolute Gasteiger partial charge is 0.481 e. The molecule has 0 aliphatic carbocycles. The number of alkyl halides is 3. The number of fused-ring (bicyclic) bond motifs is 1. The molecule has 1 aliphatic rings. The molecule has 2 nitrogen and oxygen atoms in total. The van der Waals surface area contributed by atoms with Crippen molar-refractivity contribution in [1.82, 2.24) is 0 Å². The zero-order valence-corrected chi connectivity index (χ0v) is 8.55. The van der Waals surface area contributed by atoms with Crippen LogP contribution in [0, 0.1) is 0 Å². The molecule has 0 bridgehead atoms. The van der Waals surface area contributed by atoms with Crippen molar-refractivity contribution >= 4 is 0 Å². The molecule has 1 aromatic carbocycles. The monoisotopic (exact) mass is 231 g/mol. The van der Waals surface area contributed by atoms with E-state index >= 15 is 0 Å². The number of hydrogen-bond acceptors (Lipinski definition) is 2. The van der Waals surface area contributed by atoms with Gasteiger partial charge < -0.3 is 10.5 Å². The van der Waals surface area contributed by atoms with Crippen molar-refractivity contribution in [1.29, 1.82) is 0 Å². The third-order valence-corrected chi connectivity index (χ3v) is 2.67. The quantitative estimate of drug-likeness (QED) is 0.805. The summed E-state index contributed by atoms with van der Waals surface area (Å²) in [5.74, 6) is 0.325. The smallest absolute Gasteiger partial charge is 0.425 e. The van der Waals surface area contributed by atoms with Gasteiger partial charge in [0.05, 0.1) is 0 Å². The van der Waals surface area contributed by atoms with Crippen LogP contribution >= 0.6 is 0 Å². The minimum absolute atomic E-state index is 0.0233. The Bertz CT molecular complexity index is 389. The lowest BCUT2D eigenvalue weighted by Gasteiger charge is -2.27. The molecule has 0 amide bonds. The van der Waals surface area contributed by atoms with E-state index in [0.717, 1.165) is 11.1 Å². The summed E-state index contributed by atoms with van der Waals surface area (Å²) in [4.78, 5) is 0. The van der Waals surface area contributed by atoms with Crippen molar-refractivity contribution in [2.24, 2.45) is 5.73 Å². The van der Waals surface area contributed by atoms with E-state index in [2.05, 4.69) is 0 Å². The van der Waals surface area contributed by atoms with Crippen LogP contribution in [0.5, 0.6) is 5.75 Å². The molecule has 5 heteroatoms. The summed E-state index contributed by atoms with van der Waals surface area (Å²) in [6.07, 6.45) is -5.61. The molecule has 16 heavy (non-hydrogen) atoms. The highest BCUT2D eigenvalue weighted by atomic mass is 19.4. The molecule has 1 aliphatic heterocycles. The lowest BCUT2D eigenvalue weighted by Crippen LogP contribution is -2.37. The van der Waals surface area contributed by atoms with Crippen molar-refractivity contribution in [2.45, 2.75) is 31.7 Å². The molecule has 1 heterocycles. The van der Waals surface area contributed by atoms with Crippen LogP contribution in [0.2, 0.25) is 0 Å². The van der Waals surface area contributed by atoms with E-state index in [-0.39, 0.29) is 6.42 Å². The van der Waals surface area contributed by atoms with Gasteiger partial charge in [-0.3, -0.25) is 0 Å². The van der Waals surface area contributed by atoms with Crippen LogP contribution in [0.3, 0.4) is 0 Å². The molecular weight excluding hydrogens is 219 g/mol. The number of rotatable bonds is 1. The van der Waals surface area contributed by atoms with Gasteiger partial charge in [-0.1, -0.05) is 12.1 Å². The Labute approximate surface area is 91.2 Å². The summed E-state index contributed by atoms with van der Waals surface area (Å²) < 4.78 is 42.2. The Kier molecular flexibility index (Phi) is 2.80. The highest BCUT2D eigenvalue weighted by molar-refractivity contribution is 5.39. The fourth-order valence-electron chi connectivity index (χ4n) is 1.80. The standard InChI is InChI=1S/C11H12F3NO/c12-11(13,14)10-4-2-8-5-7(6-15)1-3-9(8)16-10/h1,3,5,10H,2,4,6,15H2. The van der Waals surface area contributed by atoms with Gasteiger partial charge in [0.25, 0.3) is 0 Å². The molecule has 0 aromatic heterocycles. The van der Waals surface area contributed by atoms with Crippen LogP contribution in [0.4, 0.5) is 13.2 Å². The summed E-state index contributed by atoms with van der Waals surface area (Å²) in [6.45, 7) is 0.385. The maximum Gasteiger partial charge on any atom is 0.425 e. The van der Waals surface area contributed by atoms with Crippen LogP contribution in [-0.4, -0.2) is 12.3 Å². The molecule has 1 atom stereocenters. The van der Waals surface area contributed by atoms with Crippen molar-refractivity contribution in [3.8, 4) is 5.75 Å². The maximum atomic E-state index is 12.4. The van der Waals surface area contributed by atoms with E-state index in [0.29, 0.717) is 18.7 Å². The first-order chi connectivity index (χ1) is 7.50. The Hall–Kier alpha value is -1.23. The zero-order chi connectivity index (χ0) is 11.8.